The molecule has 84 valence electrons. The Labute approximate surface area is 83.8 Å². The predicted octanol–water partition coefficient (Wildman–Crippen LogP) is -0.161. The number of methoxy groups -OCH3 is 1. The van der Waals surface area contributed by atoms with Crippen LogP contribution in [-0.2, 0) is 9.53 Å². The van der Waals surface area contributed by atoms with Crippen molar-refractivity contribution in [2.45, 2.75) is 19.0 Å². The highest BCUT2D eigenvalue weighted by atomic mass is 16.7. The Bertz CT molecular complexity index is 311. The van der Waals surface area contributed by atoms with E-state index in [1.807, 2.05) is 0 Å². The van der Waals surface area contributed by atoms with Gasteiger partial charge in [0.05, 0.1) is 23.9 Å². The summed E-state index contributed by atoms with van der Waals surface area (Å²) in [5.74, 6) is -1.12. The van der Waals surface area contributed by atoms with Crippen LogP contribution in [0.5, 0.6) is 0 Å². The molecule has 15 heavy (non-hydrogen) atoms. The van der Waals surface area contributed by atoms with E-state index >= 15 is 0 Å². The predicted molar refractivity (Wildman–Crippen MR) is 46.8 cm³/mol. The molecule has 0 rings (SSSR count). The lowest BCUT2D eigenvalue weighted by Crippen LogP contribution is -2.46. The first-order valence-electron chi connectivity index (χ1n) is 3.70. The molecule has 0 bridgehead atoms. The Morgan fingerprint density at radius 3 is 2.07 bits per heavy atom. The Kier molecular flexibility index (Phi) is 3.83. The van der Waals surface area contributed by atoms with Gasteiger partial charge in [0.25, 0.3) is 0 Å². The molecule has 0 aliphatic carbocycles. The molecule has 0 amide bonds. The average Bonchev–Trinajstić information content (AvgIpc) is 2.15. The second kappa shape index (κ2) is 4.44. The summed E-state index contributed by atoms with van der Waals surface area (Å²) in [5, 5.41) is 27.9. The molecule has 0 saturated carbocycles. The van der Waals surface area contributed by atoms with E-state index in [1.54, 1.807) is 0 Å². The molecule has 0 aromatic rings. The van der Waals surface area contributed by atoms with E-state index in [9.17, 15) is 25.0 Å². The van der Waals surface area contributed by atoms with Crippen molar-refractivity contribution in [2.24, 2.45) is 0 Å². The fourth-order valence-corrected chi connectivity index (χ4v) is 0.726. The normalized spacial score (nSPS) is 10.5. The van der Waals surface area contributed by atoms with Crippen molar-refractivity contribution in [3.8, 4) is 0 Å². The number of hydrogen-bond donors (Lipinski definition) is 1. The van der Waals surface area contributed by atoms with Gasteiger partial charge in [0, 0.05) is 0 Å². The second-order valence-corrected chi connectivity index (χ2v) is 2.88. The zero-order valence-electron chi connectivity index (χ0n) is 8.05. The van der Waals surface area contributed by atoms with Gasteiger partial charge in [0.15, 0.2) is 0 Å². The monoisotopic (exact) mass is 219 g/mol. The van der Waals surface area contributed by atoms with E-state index in [1.165, 1.54) is 0 Å². The summed E-state index contributed by atoms with van der Waals surface area (Å²) >= 11 is 0. The molecule has 0 heterocycles. The van der Waals surface area contributed by atoms with Crippen molar-refractivity contribution >= 4 is 11.7 Å². The highest BCUT2D eigenvalue weighted by Gasteiger charge is 2.52. The fourth-order valence-electron chi connectivity index (χ4n) is 0.726. The molecule has 0 atom stereocenters. The molecule has 0 aliphatic heterocycles. The van der Waals surface area contributed by atoms with E-state index in [2.05, 4.69) is 4.74 Å². The molecule has 1 N–H and O–H groups in total. The maximum atomic E-state index is 10.7. The number of hydrogen-bond acceptors (Lipinski definition) is 7. The molecule has 0 aliphatic rings. The summed E-state index contributed by atoms with van der Waals surface area (Å²) in [5.41, 5.74) is -3.39. The van der Waals surface area contributed by atoms with Crippen molar-refractivity contribution in [3.05, 3.63) is 20.2 Å². The molecule has 9 heteroatoms. The van der Waals surface area contributed by atoms with Crippen LogP contribution in [0.1, 0.15) is 13.3 Å². The van der Waals surface area contributed by atoms with Gasteiger partial charge in [-0.05, 0) is 0 Å². The van der Waals surface area contributed by atoms with Gasteiger partial charge in [0.1, 0.15) is 12.1 Å². The van der Waals surface area contributed by atoms with Crippen molar-refractivity contribution in [3.63, 3.8) is 0 Å². The van der Waals surface area contributed by atoms with Crippen molar-refractivity contribution in [1.82, 2.24) is 0 Å². The third kappa shape index (κ3) is 2.69. The van der Waals surface area contributed by atoms with E-state index in [4.69, 9.17) is 5.41 Å². The Hall–Kier alpha value is -2.06. The average molecular weight is 219 g/mol. The summed E-state index contributed by atoms with van der Waals surface area (Å²) in [7, 11) is 0.979. The standard InChI is InChI=1S/C6H9N3O6/c1-6(8(11)12,9(13)14)3-4(7)5(10)15-2/h7H,3H2,1-2H3. The Morgan fingerprint density at radius 2 is 1.80 bits per heavy atom. The number of carbonyl (C=O) groups is 1. The number of carbonyl (C=O) groups excluding carboxylic acids is 1. The highest BCUT2D eigenvalue weighted by Crippen LogP contribution is 2.15. The van der Waals surface area contributed by atoms with Crippen molar-refractivity contribution < 1.29 is 19.4 Å². The van der Waals surface area contributed by atoms with Crippen LogP contribution >= 0.6 is 0 Å². The summed E-state index contributed by atoms with van der Waals surface area (Å²) in [6.45, 7) is 0.727. The number of ether oxygens (including phenoxy) is 1. The van der Waals surface area contributed by atoms with Gasteiger partial charge in [-0.1, -0.05) is 0 Å². The third-order valence-electron chi connectivity index (χ3n) is 1.73. The van der Waals surface area contributed by atoms with E-state index in [0.717, 1.165) is 14.0 Å². The fraction of sp³-hybridized carbons (Fsp3) is 0.667. The molecule has 0 unspecified atom stereocenters. The van der Waals surface area contributed by atoms with Gasteiger partial charge >= 0.3 is 11.6 Å². The van der Waals surface area contributed by atoms with Crippen molar-refractivity contribution in [2.75, 3.05) is 7.11 Å². The maximum Gasteiger partial charge on any atom is 0.461 e. The van der Waals surface area contributed by atoms with Crippen LogP contribution in [0.25, 0.3) is 0 Å². The number of esters is 1. The summed E-state index contributed by atoms with van der Waals surface area (Å²) in [6, 6.07) is 0. The third-order valence-corrected chi connectivity index (χ3v) is 1.73. The minimum Gasteiger partial charge on any atom is -0.465 e. The summed E-state index contributed by atoms with van der Waals surface area (Å²) in [6.07, 6.45) is -0.917. The molecule has 0 aromatic heterocycles. The van der Waals surface area contributed by atoms with Gasteiger partial charge in [-0.3, -0.25) is 25.6 Å². The second-order valence-electron chi connectivity index (χ2n) is 2.88. The van der Waals surface area contributed by atoms with E-state index < -0.39 is 33.6 Å². The van der Waals surface area contributed by atoms with Crippen LogP contribution in [-0.4, -0.2) is 34.3 Å². The van der Waals surface area contributed by atoms with Gasteiger partial charge in [-0.25, -0.2) is 4.79 Å². The van der Waals surface area contributed by atoms with Crippen LogP contribution in [0.15, 0.2) is 0 Å². The minimum absolute atomic E-state index is 0.727. The number of rotatable bonds is 5. The van der Waals surface area contributed by atoms with Crippen LogP contribution in [0.2, 0.25) is 0 Å². The maximum absolute atomic E-state index is 10.7. The first-order valence-corrected chi connectivity index (χ1v) is 3.70. The number of nitrogens with zero attached hydrogens (tertiary/aromatic N) is 2. The van der Waals surface area contributed by atoms with Crippen LogP contribution in [0, 0.1) is 25.6 Å². The Balaban J connectivity index is 4.87. The quantitative estimate of drug-likeness (QED) is 0.224. The van der Waals surface area contributed by atoms with E-state index in [-0.39, 0.29) is 0 Å². The first kappa shape index (κ1) is 12.9. The minimum atomic E-state index is -2.58. The topological polar surface area (TPSA) is 136 Å². The molecular formula is C6H9N3O6. The summed E-state index contributed by atoms with van der Waals surface area (Å²) < 4.78 is 4.11. The number of nitro groups is 2. The lowest BCUT2D eigenvalue weighted by Gasteiger charge is -2.11. The van der Waals surface area contributed by atoms with Gasteiger partial charge in [-0.15, -0.1) is 0 Å². The lowest BCUT2D eigenvalue weighted by molar-refractivity contribution is -0.790. The van der Waals surface area contributed by atoms with Crippen molar-refractivity contribution in [1.29, 1.82) is 5.41 Å². The molecule has 9 nitrogen and oxygen atoms in total. The van der Waals surface area contributed by atoms with Gasteiger partial charge < -0.3 is 4.74 Å². The molecule has 0 fully saturated rings. The van der Waals surface area contributed by atoms with E-state index in [0.29, 0.717) is 0 Å². The SMILES string of the molecule is COC(=O)C(=N)CC(C)([N+](=O)[O-])[N+](=O)[O-]. The van der Waals surface area contributed by atoms with Gasteiger partial charge in [0.2, 0.25) is 0 Å². The van der Waals surface area contributed by atoms with Crippen LogP contribution < -0.4 is 0 Å². The zero-order chi connectivity index (χ0) is 12.2. The molecule has 0 aromatic carbocycles. The largest absolute Gasteiger partial charge is 0.465 e. The van der Waals surface area contributed by atoms with Crippen LogP contribution in [0.3, 0.4) is 0 Å². The first-order chi connectivity index (χ1) is 6.75. The molecule has 0 radical (unpaired) electrons. The zero-order valence-corrected chi connectivity index (χ0v) is 8.05. The molecular weight excluding hydrogens is 210 g/mol. The molecule has 0 saturated heterocycles. The summed E-state index contributed by atoms with van der Waals surface area (Å²) in [4.78, 5) is 29.3. The number of nitrogens with one attached hydrogen (secondary N) is 1. The Morgan fingerprint density at radius 1 is 1.40 bits per heavy atom. The van der Waals surface area contributed by atoms with Gasteiger partial charge in [-0.2, -0.15) is 0 Å². The lowest BCUT2D eigenvalue weighted by atomic mass is 10.1. The van der Waals surface area contributed by atoms with Crippen LogP contribution in [0.4, 0.5) is 0 Å². The molecule has 0 spiro atoms. The smallest absolute Gasteiger partial charge is 0.461 e. The highest BCUT2D eigenvalue weighted by molar-refractivity contribution is 6.35.